The molecule has 0 bridgehead atoms. The summed E-state index contributed by atoms with van der Waals surface area (Å²) in [6.07, 6.45) is 4.17. The molecule has 7 nitrogen and oxygen atoms in total. The molecule has 1 aliphatic heterocycles. The van der Waals surface area contributed by atoms with Gasteiger partial charge < -0.3 is 14.3 Å². The number of carbonyl (C=O) groups is 1. The lowest BCUT2D eigenvalue weighted by Gasteiger charge is -2.24. The van der Waals surface area contributed by atoms with Crippen LogP contribution in [-0.4, -0.2) is 52.1 Å². The number of fused-ring (bicyclic) bond motifs is 2. The van der Waals surface area contributed by atoms with Crippen LogP contribution in [-0.2, 0) is 17.6 Å². The lowest BCUT2D eigenvalue weighted by Crippen LogP contribution is -2.36. The van der Waals surface area contributed by atoms with Crippen molar-refractivity contribution in [3.8, 4) is 11.3 Å². The lowest BCUT2D eigenvalue weighted by molar-refractivity contribution is -0.130. The number of benzene rings is 3. The van der Waals surface area contributed by atoms with Crippen molar-refractivity contribution in [3.05, 3.63) is 84.2 Å². The third-order valence-corrected chi connectivity index (χ3v) is 7.49. The summed E-state index contributed by atoms with van der Waals surface area (Å²) in [5.41, 5.74) is 3.31. The van der Waals surface area contributed by atoms with Crippen molar-refractivity contribution in [2.45, 2.75) is 39.0 Å². The summed E-state index contributed by atoms with van der Waals surface area (Å²) in [6, 6.07) is 24.6. The summed E-state index contributed by atoms with van der Waals surface area (Å²) in [6.45, 7) is 5.05. The monoisotopic (exact) mass is 519 g/mol. The number of aryl methyl sites for hydroxylation is 1. The summed E-state index contributed by atoms with van der Waals surface area (Å²) < 4.78 is 5.83. The van der Waals surface area contributed by atoms with Crippen LogP contribution in [0.25, 0.3) is 33.1 Å². The third-order valence-electron chi connectivity index (χ3n) is 7.49. The molecule has 1 saturated heterocycles. The van der Waals surface area contributed by atoms with E-state index in [2.05, 4.69) is 47.3 Å². The number of hydrogen-bond donors (Lipinski definition) is 0. The van der Waals surface area contributed by atoms with Gasteiger partial charge in [0.05, 0.1) is 6.42 Å². The van der Waals surface area contributed by atoms with Crippen LogP contribution in [0.3, 0.4) is 0 Å². The lowest BCUT2D eigenvalue weighted by atomic mass is 10.0. The number of carbonyl (C=O) groups excluding carboxylic acids is 1. The van der Waals surface area contributed by atoms with E-state index in [1.54, 1.807) is 0 Å². The molecule has 0 atom stereocenters. The summed E-state index contributed by atoms with van der Waals surface area (Å²) in [5.74, 6) is 1.80. The Hall–Kier alpha value is -4.26. The van der Waals surface area contributed by atoms with Gasteiger partial charge in [0, 0.05) is 38.2 Å². The Labute approximate surface area is 228 Å². The van der Waals surface area contributed by atoms with Crippen LogP contribution in [0.15, 0.2) is 77.3 Å². The van der Waals surface area contributed by atoms with Crippen LogP contribution in [0.2, 0.25) is 0 Å². The van der Waals surface area contributed by atoms with Crippen molar-refractivity contribution in [3.63, 3.8) is 0 Å². The average molecular weight is 520 g/mol. The molecule has 198 valence electrons. The smallest absolute Gasteiger partial charge is 0.263 e. The Morgan fingerprint density at radius 2 is 1.72 bits per heavy atom. The topological polar surface area (TPSA) is 75.4 Å². The SMILES string of the molecule is CCCCc1nc(N2CCCN(C(=O)Cc3ccccc3)CC2)c2c(-c3ccc4ccccc4c3)noc2n1. The highest BCUT2D eigenvalue weighted by Crippen LogP contribution is 2.35. The largest absolute Gasteiger partial charge is 0.354 e. The predicted octanol–water partition coefficient (Wildman–Crippen LogP) is 6.06. The van der Waals surface area contributed by atoms with E-state index >= 15 is 0 Å². The minimum absolute atomic E-state index is 0.168. The van der Waals surface area contributed by atoms with Gasteiger partial charge in [0.1, 0.15) is 22.7 Å². The van der Waals surface area contributed by atoms with E-state index < -0.39 is 0 Å². The highest BCUT2D eigenvalue weighted by molar-refractivity contribution is 6.00. The van der Waals surface area contributed by atoms with Crippen molar-refractivity contribution >= 4 is 33.6 Å². The van der Waals surface area contributed by atoms with Crippen LogP contribution in [0.1, 0.15) is 37.6 Å². The zero-order chi connectivity index (χ0) is 26.6. The second-order valence-corrected chi connectivity index (χ2v) is 10.2. The fourth-order valence-corrected chi connectivity index (χ4v) is 5.35. The minimum Gasteiger partial charge on any atom is -0.354 e. The molecular weight excluding hydrogens is 486 g/mol. The normalized spacial score (nSPS) is 14.2. The first-order chi connectivity index (χ1) is 19.2. The van der Waals surface area contributed by atoms with Gasteiger partial charge in [-0.15, -0.1) is 0 Å². The molecule has 1 aliphatic rings. The van der Waals surface area contributed by atoms with Crippen molar-refractivity contribution < 1.29 is 9.32 Å². The van der Waals surface area contributed by atoms with Crippen LogP contribution < -0.4 is 4.90 Å². The maximum Gasteiger partial charge on any atom is 0.263 e. The quantitative estimate of drug-likeness (QED) is 0.260. The number of anilines is 1. The zero-order valence-electron chi connectivity index (χ0n) is 22.3. The number of rotatable bonds is 7. The Bertz CT molecular complexity index is 1600. The Morgan fingerprint density at radius 3 is 2.56 bits per heavy atom. The molecule has 0 saturated carbocycles. The molecule has 3 heterocycles. The van der Waals surface area contributed by atoms with Gasteiger partial charge in [-0.1, -0.05) is 85.2 Å². The van der Waals surface area contributed by atoms with E-state index in [1.807, 2.05) is 47.4 Å². The van der Waals surface area contributed by atoms with Crippen LogP contribution in [0.4, 0.5) is 5.82 Å². The van der Waals surface area contributed by atoms with Gasteiger partial charge in [0.25, 0.3) is 5.71 Å². The molecule has 2 aromatic heterocycles. The van der Waals surface area contributed by atoms with E-state index in [9.17, 15) is 4.79 Å². The molecule has 0 radical (unpaired) electrons. The van der Waals surface area contributed by atoms with Gasteiger partial charge in [-0.05, 0) is 35.2 Å². The Kier molecular flexibility index (Phi) is 7.21. The number of hydrogen-bond acceptors (Lipinski definition) is 6. The highest BCUT2D eigenvalue weighted by Gasteiger charge is 2.26. The number of nitrogens with zero attached hydrogens (tertiary/aromatic N) is 5. The summed E-state index contributed by atoms with van der Waals surface area (Å²) >= 11 is 0. The van der Waals surface area contributed by atoms with E-state index in [0.29, 0.717) is 25.2 Å². The Morgan fingerprint density at radius 1 is 0.897 bits per heavy atom. The molecule has 0 unspecified atom stereocenters. The molecule has 1 amide bonds. The summed E-state index contributed by atoms with van der Waals surface area (Å²) in [5, 5.41) is 7.67. The molecule has 1 fully saturated rings. The average Bonchev–Trinajstić information content (AvgIpc) is 3.24. The van der Waals surface area contributed by atoms with Crippen LogP contribution in [0, 0.1) is 0 Å². The van der Waals surface area contributed by atoms with Crippen LogP contribution in [0.5, 0.6) is 0 Å². The molecule has 0 N–H and O–H groups in total. The molecule has 39 heavy (non-hydrogen) atoms. The summed E-state index contributed by atoms with van der Waals surface area (Å²) in [4.78, 5) is 27.2. The molecule has 3 aromatic carbocycles. The van der Waals surface area contributed by atoms with Crippen molar-refractivity contribution in [1.82, 2.24) is 20.0 Å². The third kappa shape index (κ3) is 5.35. The molecular formula is C32H33N5O2. The second kappa shape index (κ2) is 11.2. The van der Waals surface area contributed by atoms with Crippen molar-refractivity contribution in [2.24, 2.45) is 0 Å². The van der Waals surface area contributed by atoms with Crippen molar-refractivity contribution in [1.29, 1.82) is 0 Å². The highest BCUT2D eigenvalue weighted by atomic mass is 16.5. The second-order valence-electron chi connectivity index (χ2n) is 10.2. The molecule has 0 aliphatic carbocycles. The minimum atomic E-state index is 0.168. The van der Waals surface area contributed by atoms with E-state index in [-0.39, 0.29) is 5.91 Å². The van der Waals surface area contributed by atoms with Gasteiger partial charge in [0.2, 0.25) is 5.91 Å². The van der Waals surface area contributed by atoms with Gasteiger partial charge in [-0.3, -0.25) is 4.79 Å². The molecule has 6 rings (SSSR count). The fraction of sp³-hybridized carbons (Fsp3) is 0.312. The maximum absolute atomic E-state index is 13.1. The van der Waals surface area contributed by atoms with Gasteiger partial charge in [0.15, 0.2) is 0 Å². The summed E-state index contributed by atoms with van der Waals surface area (Å²) in [7, 11) is 0. The fourth-order valence-electron chi connectivity index (χ4n) is 5.35. The predicted molar refractivity (Wildman–Crippen MR) is 155 cm³/mol. The maximum atomic E-state index is 13.1. The van der Waals surface area contributed by atoms with E-state index in [0.717, 1.165) is 78.0 Å². The standard InChI is InChI=1S/C32H33N5O2/c1-2-3-14-27-33-31(37-18-9-17-36(19-20-37)28(38)21-23-10-5-4-6-11-23)29-30(35-39-32(29)34-27)26-16-15-24-12-7-8-13-25(24)22-26/h4-8,10-13,15-16,22H,2-3,9,14,17-21H2,1H3. The van der Waals surface area contributed by atoms with Gasteiger partial charge in [-0.25, -0.2) is 4.98 Å². The van der Waals surface area contributed by atoms with E-state index in [1.165, 1.54) is 5.39 Å². The Balaban J connectivity index is 1.33. The number of amides is 1. The molecule has 0 spiro atoms. The zero-order valence-corrected chi connectivity index (χ0v) is 22.3. The van der Waals surface area contributed by atoms with Crippen molar-refractivity contribution in [2.75, 3.05) is 31.1 Å². The first kappa shape index (κ1) is 25.0. The molecule has 5 aromatic rings. The van der Waals surface area contributed by atoms with E-state index in [4.69, 9.17) is 14.5 Å². The van der Waals surface area contributed by atoms with Gasteiger partial charge in [-0.2, -0.15) is 4.98 Å². The first-order valence-corrected chi connectivity index (χ1v) is 13.9. The van der Waals surface area contributed by atoms with Gasteiger partial charge >= 0.3 is 0 Å². The molecule has 7 heteroatoms. The number of unbranched alkanes of at least 4 members (excludes halogenated alkanes) is 1. The first-order valence-electron chi connectivity index (χ1n) is 13.9. The van der Waals surface area contributed by atoms with Crippen LogP contribution >= 0.6 is 0 Å². The number of aromatic nitrogens is 3.